The number of anilines is 1. The van der Waals surface area contributed by atoms with Crippen molar-refractivity contribution in [3.63, 3.8) is 0 Å². The summed E-state index contributed by atoms with van der Waals surface area (Å²) >= 11 is 6.24. The van der Waals surface area contributed by atoms with Crippen LogP contribution in [0.4, 0.5) is 5.69 Å². The molecule has 4 aromatic rings. The first kappa shape index (κ1) is 37.9. The number of unbranched alkanes of at least 4 members (excludes halogenated alkanes) is 4. The Morgan fingerprint density at radius 3 is 2.12 bits per heavy atom. The number of aliphatic hydroxyl groups is 1. The lowest BCUT2D eigenvalue weighted by atomic mass is 10.0. The summed E-state index contributed by atoms with van der Waals surface area (Å²) in [4.78, 5) is 37.3. The molecular weight excluding hydrogens is 660 g/mol. The van der Waals surface area contributed by atoms with Crippen molar-refractivity contribution in [1.29, 1.82) is 0 Å². The van der Waals surface area contributed by atoms with Gasteiger partial charge in [-0.2, -0.15) is 0 Å². The fourth-order valence-corrected chi connectivity index (χ4v) is 5.35. The molecule has 0 aliphatic rings. The first-order valence-corrected chi connectivity index (χ1v) is 17.0. The number of carbonyl (C=O) groups is 3. The summed E-state index contributed by atoms with van der Waals surface area (Å²) in [5.41, 5.74) is 2.59. The highest BCUT2D eigenvalue weighted by Crippen LogP contribution is 2.24. The van der Waals surface area contributed by atoms with E-state index in [9.17, 15) is 24.6 Å². The second-order valence-electron chi connectivity index (χ2n) is 11.8. The third-order valence-electron chi connectivity index (χ3n) is 7.96. The van der Waals surface area contributed by atoms with Crippen LogP contribution in [0.2, 0.25) is 5.02 Å². The van der Waals surface area contributed by atoms with E-state index < -0.39 is 24.2 Å². The van der Waals surface area contributed by atoms with Gasteiger partial charge in [0.15, 0.2) is 0 Å². The second-order valence-corrected chi connectivity index (χ2v) is 12.2. The van der Waals surface area contributed by atoms with Gasteiger partial charge in [-0.25, -0.2) is 4.79 Å². The number of nitrogens with one attached hydrogen (secondary N) is 2. The normalized spacial score (nSPS) is 12.1. The van der Waals surface area contributed by atoms with Gasteiger partial charge in [0.1, 0.15) is 29.5 Å². The molecule has 4 aromatic carbocycles. The predicted molar refractivity (Wildman–Crippen MR) is 192 cm³/mol. The van der Waals surface area contributed by atoms with Crippen molar-refractivity contribution in [2.24, 2.45) is 0 Å². The summed E-state index contributed by atoms with van der Waals surface area (Å²) < 4.78 is 16.4. The van der Waals surface area contributed by atoms with E-state index in [-0.39, 0.29) is 18.7 Å². The molecule has 0 heterocycles. The molecule has 0 aliphatic carbocycles. The van der Waals surface area contributed by atoms with Crippen molar-refractivity contribution in [2.45, 2.75) is 64.1 Å². The SMILES string of the molecule is CCCCCCCOc1ccc(C(=O)Oc2ccc(CC(NC(O)c3ccc(NC(=O)Cc4ccc(OC)cc4Cl)cc3)C(=O)O)cc2)cc1. The fraction of sp³-hybridized carbons (Fsp3) is 0.308. The Hall–Kier alpha value is -4.90. The molecule has 4 rings (SSSR count). The van der Waals surface area contributed by atoms with E-state index in [1.54, 1.807) is 91.0 Å². The van der Waals surface area contributed by atoms with E-state index >= 15 is 0 Å². The second kappa shape index (κ2) is 19.3. The van der Waals surface area contributed by atoms with Crippen molar-refractivity contribution >= 4 is 35.1 Å². The van der Waals surface area contributed by atoms with Crippen molar-refractivity contribution in [3.05, 3.63) is 118 Å². The molecule has 10 nitrogen and oxygen atoms in total. The maximum atomic E-state index is 12.7. The monoisotopic (exact) mass is 702 g/mol. The van der Waals surface area contributed by atoms with Gasteiger partial charge in [0.05, 0.1) is 25.7 Å². The summed E-state index contributed by atoms with van der Waals surface area (Å²) in [6.45, 7) is 2.82. The fourth-order valence-electron chi connectivity index (χ4n) is 5.11. The van der Waals surface area contributed by atoms with Gasteiger partial charge in [-0.1, -0.05) is 74.5 Å². The van der Waals surface area contributed by atoms with E-state index in [4.69, 9.17) is 25.8 Å². The van der Waals surface area contributed by atoms with Crippen LogP contribution in [0, 0.1) is 0 Å². The number of hydrogen-bond donors (Lipinski definition) is 4. The Morgan fingerprint density at radius 1 is 0.820 bits per heavy atom. The van der Waals surface area contributed by atoms with Crippen molar-refractivity contribution in [2.75, 3.05) is 19.0 Å². The van der Waals surface area contributed by atoms with Gasteiger partial charge in [-0.15, -0.1) is 0 Å². The molecule has 0 aromatic heterocycles. The third kappa shape index (κ3) is 11.9. The van der Waals surface area contributed by atoms with Gasteiger partial charge < -0.3 is 29.7 Å². The summed E-state index contributed by atoms with van der Waals surface area (Å²) in [5.74, 6) is -0.353. The number of aliphatic carboxylic acids is 1. The highest BCUT2D eigenvalue weighted by Gasteiger charge is 2.22. The zero-order valence-corrected chi connectivity index (χ0v) is 28.9. The van der Waals surface area contributed by atoms with E-state index in [0.717, 1.165) is 12.8 Å². The topological polar surface area (TPSA) is 143 Å². The van der Waals surface area contributed by atoms with Crippen molar-refractivity contribution < 1.29 is 38.8 Å². The van der Waals surface area contributed by atoms with E-state index in [1.807, 2.05) is 0 Å². The zero-order valence-electron chi connectivity index (χ0n) is 28.2. The average Bonchev–Trinajstić information content (AvgIpc) is 3.11. The Kier molecular flexibility index (Phi) is 14.7. The van der Waals surface area contributed by atoms with Crippen molar-refractivity contribution in [1.82, 2.24) is 5.32 Å². The van der Waals surface area contributed by atoms with Gasteiger partial charge in [-0.3, -0.25) is 14.9 Å². The van der Waals surface area contributed by atoms with Gasteiger partial charge in [-0.05, 0) is 90.2 Å². The summed E-state index contributed by atoms with van der Waals surface area (Å²) in [6.07, 6.45) is 4.58. The lowest BCUT2D eigenvalue weighted by Gasteiger charge is -2.20. The van der Waals surface area contributed by atoms with Crippen LogP contribution in [0.25, 0.3) is 0 Å². The van der Waals surface area contributed by atoms with Gasteiger partial charge in [0, 0.05) is 10.7 Å². The predicted octanol–water partition coefficient (Wildman–Crippen LogP) is 7.37. The van der Waals surface area contributed by atoms with Gasteiger partial charge in [0.2, 0.25) is 5.91 Å². The number of carboxylic acids is 1. The molecule has 0 spiro atoms. The highest BCUT2D eigenvalue weighted by atomic mass is 35.5. The van der Waals surface area contributed by atoms with Crippen LogP contribution in [-0.4, -0.2) is 47.8 Å². The van der Waals surface area contributed by atoms with Crippen LogP contribution in [0.15, 0.2) is 91.0 Å². The highest BCUT2D eigenvalue weighted by molar-refractivity contribution is 6.31. The van der Waals surface area contributed by atoms with Crippen LogP contribution >= 0.6 is 11.6 Å². The van der Waals surface area contributed by atoms with Crippen molar-refractivity contribution in [3.8, 4) is 17.2 Å². The molecular formula is C39H43ClN2O8. The third-order valence-corrected chi connectivity index (χ3v) is 8.31. The molecule has 4 N–H and O–H groups in total. The van der Waals surface area contributed by atoms with Crippen LogP contribution in [0.5, 0.6) is 17.2 Å². The standard InChI is InChI=1S/C39H43ClN2O8/c1-3-4-5-6-7-22-49-31-19-12-28(13-20-31)39(47)50-32-17-8-26(9-18-32)23-35(38(45)46)42-37(44)27-10-15-30(16-11-27)41-36(43)24-29-14-21-33(48-2)25-34(29)40/h8-21,25,35,37,42,44H,3-7,22-24H2,1-2H3,(H,41,43)(H,45,46). The summed E-state index contributed by atoms with van der Waals surface area (Å²) in [7, 11) is 1.53. The van der Waals surface area contributed by atoms with Gasteiger partial charge in [0.25, 0.3) is 0 Å². The molecule has 0 radical (unpaired) electrons. The van der Waals surface area contributed by atoms with E-state index in [2.05, 4.69) is 17.6 Å². The Morgan fingerprint density at radius 2 is 1.48 bits per heavy atom. The molecule has 2 atom stereocenters. The maximum absolute atomic E-state index is 12.7. The number of halogens is 1. The Labute approximate surface area is 297 Å². The maximum Gasteiger partial charge on any atom is 0.343 e. The number of hydrogen-bond acceptors (Lipinski definition) is 8. The number of carbonyl (C=O) groups excluding carboxylic acids is 2. The van der Waals surface area contributed by atoms with E-state index in [1.165, 1.54) is 26.4 Å². The molecule has 0 fully saturated rings. The molecule has 1 amide bonds. The smallest absolute Gasteiger partial charge is 0.343 e. The molecule has 2 unspecified atom stereocenters. The summed E-state index contributed by atoms with van der Waals surface area (Å²) in [5, 5.41) is 26.5. The molecule has 0 saturated heterocycles. The van der Waals surface area contributed by atoms with Crippen LogP contribution in [-0.2, 0) is 22.4 Å². The lowest BCUT2D eigenvalue weighted by Crippen LogP contribution is -2.40. The van der Waals surface area contributed by atoms with Crippen LogP contribution in [0.1, 0.15) is 72.3 Å². The zero-order chi connectivity index (χ0) is 35.9. The minimum Gasteiger partial charge on any atom is -0.497 e. The number of rotatable bonds is 19. The molecule has 50 heavy (non-hydrogen) atoms. The van der Waals surface area contributed by atoms with Crippen LogP contribution < -0.4 is 24.8 Å². The number of carboxylic acid groups (broad SMARTS) is 1. The molecule has 0 aliphatic heterocycles. The largest absolute Gasteiger partial charge is 0.497 e. The molecule has 0 saturated carbocycles. The average molecular weight is 703 g/mol. The molecule has 11 heteroatoms. The number of ether oxygens (including phenoxy) is 3. The number of methoxy groups -OCH3 is 1. The lowest BCUT2D eigenvalue weighted by molar-refractivity contribution is -0.140. The minimum atomic E-state index is -1.29. The minimum absolute atomic E-state index is 0.0570. The van der Waals surface area contributed by atoms with E-state index in [0.29, 0.717) is 56.8 Å². The Bertz CT molecular complexity index is 1700. The number of esters is 1. The number of aliphatic hydroxyl groups excluding tert-OH is 1. The first-order chi connectivity index (χ1) is 24.1. The van der Waals surface area contributed by atoms with Crippen LogP contribution in [0.3, 0.4) is 0 Å². The first-order valence-electron chi connectivity index (χ1n) is 16.6. The number of amides is 1. The van der Waals surface area contributed by atoms with Gasteiger partial charge >= 0.3 is 11.9 Å². The summed E-state index contributed by atoms with van der Waals surface area (Å²) in [6, 6.07) is 23.7. The molecule has 264 valence electrons. The quantitative estimate of drug-likeness (QED) is 0.0341. The molecule has 0 bridgehead atoms. The Balaban J connectivity index is 1.24. The number of benzene rings is 4.